The number of nitrogens with zero attached hydrogens (tertiary/aromatic N) is 2. The monoisotopic (exact) mass is 270 g/mol. The second kappa shape index (κ2) is 5.54. The Bertz CT molecular complexity index is 449. The van der Waals surface area contributed by atoms with E-state index >= 15 is 0 Å². The number of nitro benzene ring substituents is 1. The molecule has 0 atom stereocenters. The molecule has 1 saturated carbocycles. The van der Waals surface area contributed by atoms with E-state index in [2.05, 4.69) is 4.90 Å². The largest absolute Gasteiger partial charge is 0.485 e. The third-order valence-electron chi connectivity index (χ3n) is 3.00. The lowest BCUT2D eigenvalue weighted by atomic mass is 10.3. The second-order valence-corrected chi connectivity index (χ2v) is 4.81. The third kappa shape index (κ3) is 3.11. The summed E-state index contributed by atoms with van der Waals surface area (Å²) in [6, 6.07) is 5.36. The fourth-order valence-electron chi connectivity index (χ4n) is 1.79. The molecular weight excluding hydrogens is 256 g/mol. The summed E-state index contributed by atoms with van der Waals surface area (Å²) in [4.78, 5) is 12.6. The first-order valence-corrected chi connectivity index (χ1v) is 6.23. The highest BCUT2D eigenvalue weighted by Crippen LogP contribution is 2.34. The van der Waals surface area contributed by atoms with E-state index in [0.717, 1.165) is 6.54 Å². The van der Waals surface area contributed by atoms with Gasteiger partial charge in [-0.3, -0.25) is 10.1 Å². The topological polar surface area (TPSA) is 55.6 Å². The van der Waals surface area contributed by atoms with Crippen LogP contribution in [0.15, 0.2) is 18.2 Å². The van der Waals surface area contributed by atoms with Gasteiger partial charge in [0.2, 0.25) is 0 Å². The van der Waals surface area contributed by atoms with E-state index in [1.165, 1.54) is 18.9 Å². The van der Waals surface area contributed by atoms with Crippen LogP contribution in [-0.4, -0.2) is 36.1 Å². The van der Waals surface area contributed by atoms with Crippen LogP contribution >= 0.6 is 11.6 Å². The Morgan fingerprint density at radius 2 is 2.28 bits per heavy atom. The Morgan fingerprint density at radius 3 is 2.89 bits per heavy atom. The number of ether oxygens (including phenoxy) is 1. The Balaban J connectivity index is 1.95. The smallest absolute Gasteiger partial charge is 0.329 e. The lowest BCUT2D eigenvalue weighted by Crippen LogP contribution is -2.26. The highest BCUT2D eigenvalue weighted by molar-refractivity contribution is 6.32. The van der Waals surface area contributed by atoms with Gasteiger partial charge in [-0.25, -0.2) is 0 Å². The van der Waals surface area contributed by atoms with Gasteiger partial charge < -0.3 is 9.64 Å². The summed E-state index contributed by atoms with van der Waals surface area (Å²) in [5.41, 5.74) is -0.159. The van der Waals surface area contributed by atoms with Crippen LogP contribution in [0.3, 0.4) is 0 Å². The molecule has 0 heterocycles. The van der Waals surface area contributed by atoms with E-state index in [1.807, 2.05) is 7.05 Å². The summed E-state index contributed by atoms with van der Waals surface area (Å²) in [6.45, 7) is 1.18. The van der Waals surface area contributed by atoms with E-state index < -0.39 is 4.92 Å². The minimum atomic E-state index is -0.512. The Hall–Kier alpha value is -1.33. The predicted molar refractivity (Wildman–Crippen MR) is 69.3 cm³/mol. The molecule has 0 radical (unpaired) electrons. The maximum Gasteiger partial charge on any atom is 0.329 e. The quantitative estimate of drug-likeness (QED) is 0.589. The highest BCUT2D eigenvalue weighted by atomic mass is 35.5. The van der Waals surface area contributed by atoms with Crippen LogP contribution in [0.2, 0.25) is 5.02 Å². The van der Waals surface area contributed by atoms with Crippen molar-refractivity contribution in [2.24, 2.45) is 0 Å². The van der Waals surface area contributed by atoms with Crippen molar-refractivity contribution in [1.29, 1.82) is 0 Å². The van der Waals surface area contributed by atoms with Crippen molar-refractivity contribution in [3.63, 3.8) is 0 Å². The molecule has 5 nitrogen and oxygen atoms in total. The van der Waals surface area contributed by atoms with Crippen LogP contribution < -0.4 is 4.74 Å². The Labute approximate surface area is 110 Å². The Kier molecular flexibility index (Phi) is 4.04. The summed E-state index contributed by atoms with van der Waals surface area (Å²) < 4.78 is 5.46. The van der Waals surface area contributed by atoms with Crippen molar-refractivity contribution < 1.29 is 9.66 Å². The number of nitro groups is 1. The number of hydrogen-bond acceptors (Lipinski definition) is 4. The molecule has 0 spiro atoms. The summed E-state index contributed by atoms with van der Waals surface area (Å²) in [6.07, 6.45) is 2.46. The van der Waals surface area contributed by atoms with E-state index in [9.17, 15) is 10.1 Å². The van der Waals surface area contributed by atoms with Crippen LogP contribution in [0.25, 0.3) is 0 Å². The molecule has 6 heteroatoms. The first-order valence-electron chi connectivity index (χ1n) is 5.85. The number of para-hydroxylation sites is 1. The zero-order chi connectivity index (χ0) is 13.1. The van der Waals surface area contributed by atoms with Gasteiger partial charge in [0.15, 0.2) is 5.75 Å². The van der Waals surface area contributed by atoms with Crippen LogP contribution in [-0.2, 0) is 0 Å². The van der Waals surface area contributed by atoms with Crippen molar-refractivity contribution in [2.75, 3.05) is 20.2 Å². The number of rotatable bonds is 6. The SMILES string of the molecule is CN(CCOc1cccc(Cl)c1[N+](=O)[O-])C1CC1. The molecule has 2 rings (SSSR count). The van der Waals surface area contributed by atoms with E-state index in [0.29, 0.717) is 12.6 Å². The summed E-state index contributed by atoms with van der Waals surface area (Å²) in [5.74, 6) is 0.233. The molecule has 0 aliphatic heterocycles. The van der Waals surface area contributed by atoms with Crippen molar-refractivity contribution in [3.05, 3.63) is 33.3 Å². The van der Waals surface area contributed by atoms with E-state index in [1.54, 1.807) is 12.1 Å². The second-order valence-electron chi connectivity index (χ2n) is 4.40. The third-order valence-corrected chi connectivity index (χ3v) is 3.31. The van der Waals surface area contributed by atoms with Gasteiger partial charge in [0.25, 0.3) is 0 Å². The number of hydrogen-bond donors (Lipinski definition) is 0. The lowest BCUT2D eigenvalue weighted by Gasteiger charge is -2.15. The van der Waals surface area contributed by atoms with Gasteiger partial charge in [-0.1, -0.05) is 17.7 Å². The summed E-state index contributed by atoms with van der Waals surface area (Å²) in [5, 5.41) is 11.0. The predicted octanol–water partition coefficient (Wildman–Crippen LogP) is 2.72. The molecular formula is C12H15ClN2O3. The normalized spacial score (nSPS) is 14.8. The molecule has 98 valence electrons. The standard InChI is InChI=1S/C12H15ClN2O3/c1-14(9-5-6-9)7-8-18-11-4-2-3-10(13)12(11)15(16)17/h2-4,9H,5-8H2,1H3. The molecule has 0 N–H and O–H groups in total. The molecule has 1 aliphatic carbocycles. The van der Waals surface area contributed by atoms with Gasteiger partial charge >= 0.3 is 5.69 Å². The molecule has 0 bridgehead atoms. The van der Waals surface area contributed by atoms with Crippen LogP contribution in [0.4, 0.5) is 5.69 Å². The van der Waals surface area contributed by atoms with Gasteiger partial charge in [0, 0.05) is 12.6 Å². The molecule has 0 aromatic heterocycles. The minimum absolute atomic E-state index is 0.105. The fourth-order valence-corrected chi connectivity index (χ4v) is 2.02. The summed E-state index contributed by atoms with van der Waals surface area (Å²) in [7, 11) is 2.04. The van der Waals surface area contributed by atoms with Crippen molar-refractivity contribution >= 4 is 17.3 Å². The van der Waals surface area contributed by atoms with E-state index in [4.69, 9.17) is 16.3 Å². The first kappa shape index (κ1) is 13.1. The lowest BCUT2D eigenvalue weighted by molar-refractivity contribution is -0.385. The summed E-state index contributed by atoms with van der Waals surface area (Å²) >= 11 is 5.79. The van der Waals surface area contributed by atoms with Gasteiger partial charge in [-0.2, -0.15) is 0 Å². The number of likely N-dealkylation sites (N-methyl/N-ethyl adjacent to an activating group) is 1. The maximum absolute atomic E-state index is 10.9. The number of benzene rings is 1. The zero-order valence-corrected chi connectivity index (χ0v) is 10.9. The zero-order valence-electron chi connectivity index (χ0n) is 10.1. The molecule has 0 amide bonds. The minimum Gasteiger partial charge on any atom is -0.485 e. The Morgan fingerprint density at radius 1 is 1.56 bits per heavy atom. The van der Waals surface area contributed by atoms with Crippen LogP contribution in [0.5, 0.6) is 5.75 Å². The van der Waals surface area contributed by atoms with Gasteiger partial charge in [-0.15, -0.1) is 0 Å². The van der Waals surface area contributed by atoms with Gasteiger partial charge in [0.1, 0.15) is 11.6 Å². The van der Waals surface area contributed by atoms with Crippen molar-refractivity contribution in [3.8, 4) is 5.75 Å². The first-order chi connectivity index (χ1) is 8.59. The van der Waals surface area contributed by atoms with Crippen molar-refractivity contribution in [2.45, 2.75) is 18.9 Å². The molecule has 1 aromatic carbocycles. The van der Waals surface area contributed by atoms with Crippen LogP contribution in [0.1, 0.15) is 12.8 Å². The molecule has 18 heavy (non-hydrogen) atoms. The molecule has 0 unspecified atom stereocenters. The van der Waals surface area contributed by atoms with E-state index in [-0.39, 0.29) is 16.5 Å². The molecule has 1 fully saturated rings. The molecule has 0 saturated heterocycles. The average molecular weight is 271 g/mol. The average Bonchev–Trinajstić information content (AvgIpc) is 3.12. The maximum atomic E-state index is 10.9. The molecule has 1 aromatic rings. The number of halogens is 1. The van der Waals surface area contributed by atoms with Crippen LogP contribution in [0, 0.1) is 10.1 Å². The van der Waals surface area contributed by atoms with Crippen molar-refractivity contribution in [1.82, 2.24) is 4.90 Å². The fraction of sp³-hybridized carbons (Fsp3) is 0.500. The van der Waals surface area contributed by atoms with Gasteiger partial charge in [-0.05, 0) is 32.0 Å². The van der Waals surface area contributed by atoms with Gasteiger partial charge in [0.05, 0.1) is 4.92 Å². The highest BCUT2D eigenvalue weighted by Gasteiger charge is 2.26. The molecule has 1 aliphatic rings.